The van der Waals surface area contributed by atoms with Gasteiger partial charge in [-0.2, -0.15) is 5.26 Å². The van der Waals surface area contributed by atoms with Crippen molar-refractivity contribution in [3.05, 3.63) is 89.5 Å². The Labute approximate surface area is 174 Å². The van der Waals surface area contributed by atoms with Crippen molar-refractivity contribution >= 4 is 17.6 Å². The van der Waals surface area contributed by atoms with Crippen LogP contribution in [0.15, 0.2) is 72.8 Å². The number of carbonyl (C=O) groups excluding carboxylic acids is 2. The van der Waals surface area contributed by atoms with E-state index in [1.807, 2.05) is 25.1 Å². The Bertz CT molecular complexity index is 1070. The minimum Gasteiger partial charge on any atom is -0.482 e. The zero-order chi connectivity index (χ0) is 21.5. The van der Waals surface area contributed by atoms with Gasteiger partial charge in [-0.15, -0.1) is 0 Å². The summed E-state index contributed by atoms with van der Waals surface area (Å²) in [4.78, 5) is 26.1. The SMILES string of the molecule is Cc1ccc(C(=O)N(C)c2ccc(OCC(=O)Oc3ccc(C#N)cc3)cc2)cc1. The topological polar surface area (TPSA) is 79.6 Å². The van der Waals surface area contributed by atoms with Gasteiger partial charge in [-0.05, 0) is 67.6 Å². The first-order valence-corrected chi connectivity index (χ1v) is 9.24. The maximum Gasteiger partial charge on any atom is 0.349 e. The molecule has 0 atom stereocenters. The molecule has 0 N–H and O–H groups in total. The molecular formula is C24H20N2O4. The van der Waals surface area contributed by atoms with Crippen molar-refractivity contribution in [1.82, 2.24) is 0 Å². The van der Waals surface area contributed by atoms with Crippen LogP contribution in [-0.4, -0.2) is 25.5 Å². The monoisotopic (exact) mass is 400 g/mol. The van der Waals surface area contributed by atoms with E-state index in [0.717, 1.165) is 5.56 Å². The maximum absolute atomic E-state index is 12.6. The molecule has 0 saturated heterocycles. The van der Waals surface area contributed by atoms with E-state index in [1.54, 1.807) is 72.6 Å². The number of ether oxygens (including phenoxy) is 2. The molecule has 0 aliphatic rings. The highest BCUT2D eigenvalue weighted by molar-refractivity contribution is 6.05. The summed E-state index contributed by atoms with van der Waals surface area (Å²) in [6.07, 6.45) is 0. The fourth-order valence-corrected chi connectivity index (χ4v) is 2.67. The summed E-state index contributed by atoms with van der Waals surface area (Å²) in [5.74, 6) is 0.144. The normalized spacial score (nSPS) is 10.0. The Morgan fingerprint density at radius 3 is 2.10 bits per heavy atom. The first-order valence-electron chi connectivity index (χ1n) is 9.24. The number of nitrogens with zero attached hydrogens (tertiary/aromatic N) is 2. The van der Waals surface area contributed by atoms with Crippen LogP contribution in [0.2, 0.25) is 0 Å². The van der Waals surface area contributed by atoms with Gasteiger partial charge in [-0.1, -0.05) is 17.7 Å². The molecule has 3 aromatic rings. The summed E-state index contributed by atoms with van der Waals surface area (Å²) >= 11 is 0. The Hall–Kier alpha value is -4.11. The van der Waals surface area contributed by atoms with Gasteiger partial charge in [-0.3, -0.25) is 4.79 Å². The zero-order valence-electron chi connectivity index (χ0n) is 16.7. The number of hydrogen-bond acceptors (Lipinski definition) is 5. The van der Waals surface area contributed by atoms with Crippen LogP contribution in [0.5, 0.6) is 11.5 Å². The molecule has 0 saturated carbocycles. The molecule has 0 spiro atoms. The number of rotatable bonds is 6. The number of aryl methyl sites for hydroxylation is 1. The molecule has 0 fully saturated rings. The predicted molar refractivity (Wildman–Crippen MR) is 113 cm³/mol. The fourth-order valence-electron chi connectivity index (χ4n) is 2.67. The Morgan fingerprint density at radius 2 is 1.50 bits per heavy atom. The van der Waals surface area contributed by atoms with Crippen LogP contribution in [0.4, 0.5) is 5.69 Å². The van der Waals surface area contributed by atoms with Crippen molar-refractivity contribution in [2.45, 2.75) is 6.92 Å². The molecular weight excluding hydrogens is 380 g/mol. The number of benzene rings is 3. The van der Waals surface area contributed by atoms with Gasteiger partial charge in [0.05, 0.1) is 11.6 Å². The highest BCUT2D eigenvalue weighted by Gasteiger charge is 2.13. The molecule has 0 aromatic heterocycles. The second kappa shape index (κ2) is 9.39. The molecule has 6 heteroatoms. The van der Waals surface area contributed by atoms with Crippen LogP contribution in [0.25, 0.3) is 0 Å². The third kappa shape index (κ3) is 5.24. The van der Waals surface area contributed by atoms with Crippen LogP contribution in [0, 0.1) is 18.3 Å². The second-order valence-corrected chi connectivity index (χ2v) is 6.62. The molecule has 3 aromatic carbocycles. The van der Waals surface area contributed by atoms with Gasteiger partial charge in [0, 0.05) is 18.3 Å². The van der Waals surface area contributed by atoms with Crippen LogP contribution in [0.3, 0.4) is 0 Å². The van der Waals surface area contributed by atoms with E-state index >= 15 is 0 Å². The molecule has 3 rings (SSSR count). The van der Waals surface area contributed by atoms with Gasteiger partial charge in [-0.25, -0.2) is 4.79 Å². The number of hydrogen-bond donors (Lipinski definition) is 0. The van der Waals surface area contributed by atoms with Crippen molar-refractivity contribution in [2.24, 2.45) is 0 Å². The van der Waals surface area contributed by atoms with Gasteiger partial charge < -0.3 is 14.4 Å². The highest BCUT2D eigenvalue weighted by atomic mass is 16.6. The third-order valence-electron chi connectivity index (χ3n) is 4.40. The van der Waals surface area contributed by atoms with E-state index in [0.29, 0.717) is 28.3 Å². The molecule has 0 bridgehead atoms. The second-order valence-electron chi connectivity index (χ2n) is 6.62. The van der Waals surface area contributed by atoms with Crippen molar-refractivity contribution < 1.29 is 19.1 Å². The van der Waals surface area contributed by atoms with Gasteiger partial charge >= 0.3 is 5.97 Å². The molecule has 0 aliphatic carbocycles. The van der Waals surface area contributed by atoms with E-state index in [4.69, 9.17) is 14.7 Å². The summed E-state index contributed by atoms with van der Waals surface area (Å²) in [7, 11) is 1.70. The Balaban J connectivity index is 1.54. The highest BCUT2D eigenvalue weighted by Crippen LogP contribution is 2.20. The average molecular weight is 400 g/mol. The smallest absolute Gasteiger partial charge is 0.349 e. The summed E-state index contributed by atoms with van der Waals surface area (Å²) in [6, 6.07) is 22.5. The first kappa shape index (κ1) is 20.6. The lowest BCUT2D eigenvalue weighted by Gasteiger charge is -2.18. The van der Waals surface area contributed by atoms with Crippen LogP contribution < -0.4 is 14.4 Å². The molecule has 150 valence electrons. The largest absolute Gasteiger partial charge is 0.482 e. The van der Waals surface area contributed by atoms with Crippen molar-refractivity contribution in [3.8, 4) is 17.6 Å². The number of anilines is 1. The molecule has 0 unspecified atom stereocenters. The lowest BCUT2D eigenvalue weighted by atomic mass is 10.1. The molecule has 0 aliphatic heterocycles. The number of nitriles is 1. The first-order chi connectivity index (χ1) is 14.5. The molecule has 0 radical (unpaired) electrons. The minimum atomic E-state index is -0.560. The Kier molecular flexibility index (Phi) is 6.46. The van der Waals surface area contributed by atoms with Crippen LogP contribution in [-0.2, 0) is 4.79 Å². The van der Waals surface area contributed by atoms with Crippen LogP contribution >= 0.6 is 0 Å². The standard InChI is InChI=1S/C24H20N2O4/c1-17-3-7-19(8-4-17)24(28)26(2)20-9-13-21(14-10-20)29-16-23(27)30-22-11-5-18(15-25)6-12-22/h3-14H,16H2,1-2H3. The summed E-state index contributed by atoms with van der Waals surface area (Å²) in [6.45, 7) is 1.70. The maximum atomic E-state index is 12.6. The number of amides is 1. The quantitative estimate of drug-likeness (QED) is 0.459. The van der Waals surface area contributed by atoms with Gasteiger partial charge in [0.25, 0.3) is 5.91 Å². The fraction of sp³-hybridized carbons (Fsp3) is 0.125. The van der Waals surface area contributed by atoms with E-state index in [2.05, 4.69) is 0 Å². The minimum absolute atomic E-state index is 0.116. The number of esters is 1. The van der Waals surface area contributed by atoms with E-state index in [1.165, 1.54) is 0 Å². The van der Waals surface area contributed by atoms with Crippen molar-refractivity contribution in [1.29, 1.82) is 5.26 Å². The lowest BCUT2D eigenvalue weighted by Crippen LogP contribution is -2.26. The Morgan fingerprint density at radius 1 is 0.900 bits per heavy atom. The zero-order valence-corrected chi connectivity index (χ0v) is 16.7. The summed E-state index contributed by atoms with van der Waals surface area (Å²) in [5.41, 5.74) is 2.88. The molecule has 0 heterocycles. The van der Waals surface area contributed by atoms with Gasteiger partial charge in [0.15, 0.2) is 6.61 Å². The van der Waals surface area contributed by atoms with Crippen LogP contribution in [0.1, 0.15) is 21.5 Å². The van der Waals surface area contributed by atoms with E-state index in [-0.39, 0.29) is 12.5 Å². The summed E-state index contributed by atoms with van der Waals surface area (Å²) < 4.78 is 10.6. The van der Waals surface area contributed by atoms with E-state index < -0.39 is 5.97 Å². The molecule has 1 amide bonds. The van der Waals surface area contributed by atoms with Crippen molar-refractivity contribution in [3.63, 3.8) is 0 Å². The number of carbonyl (C=O) groups is 2. The lowest BCUT2D eigenvalue weighted by molar-refractivity contribution is -0.136. The average Bonchev–Trinajstić information content (AvgIpc) is 2.78. The van der Waals surface area contributed by atoms with Gasteiger partial charge in [0.1, 0.15) is 11.5 Å². The summed E-state index contributed by atoms with van der Waals surface area (Å²) in [5, 5.41) is 8.77. The van der Waals surface area contributed by atoms with Crippen molar-refractivity contribution in [2.75, 3.05) is 18.6 Å². The molecule has 6 nitrogen and oxygen atoms in total. The van der Waals surface area contributed by atoms with E-state index in [9.17, 15) is 9.59 Å². The molecule has 30 heavy (non-hydrogen) atoms. The van der Waals surface area contributed by atoms with Gasteiger partial charge in [0.2, 0.25) is 0 Å². The third-order valence-corrected chi connectivity index (χ3v) is 4.40. The predicted octanol–water partition coefficient (Wildman–Crippen LogP) is 4.13.